The minimum atomic E-state index is -2.14. The molecule has 5 aliphatic heterocycles. The Bertz CT molecular complexity index is 692. The molecule has 5 heterocycles. The van der Waals surface area contributed by atoms with E-state index in [1.165, 1.54) is 0 Å². The van der Waals surface area contributed by atoms with Crippen LogP contribution in [0.3, 0.4) is 0 Å². The van der Waals surface area contributed by atoms with Crippen LogP contribution in [-0.4, -0.2) is 104 Å². The highest BCUT2D eigenvalue weighted by atomic mass is 28.4. The van der Waals surface area contributed by atoms with Gasteiger partial charge in [0.15, 0.2) is 20.9 Å². The first-order valence-electron chi connectivity index (χ1n) is 14.6. The third-order valence-corrected chi connectivity index (χ3v) is 13.1. The van der Waals surface area contributed by atoms with E-state index < -0.39 is 14.8 Å². The third kappa shape index (κ3) is 6.82. The monoisotopic (exact) mass is 560 g/mol. The molecule has 6 aliphatic rings. The van der Waals surface area contributed by atoms with Gasteiger partial charge < -0.3 is 47.1 Å². The number of rotatable bonds is 12. The zero-order valence-electron chi connectivity index (χ0n) is 23.8. The van der Waals surface area contributed by atoms with Gasteiger partial charge in [0, 0.05) is 13.2 Å². The van der Waals surface area contributed by atoms with Crippen molar-refractivity contribution >= 4 is 8.32 Å². The standard InChI is InChI=1S/C27H48O10Si/c1-27(2,3)38(4,5)37-25-23-20(32-16-14-30-18-10-6-8-12-28-18)22-21(24(25)36-26(34-22)35-23)33-17-15-31-19-11-7-9-13-29-19/h18-26H,6-17H2,1-5H3/t18?,19?,20-,21-,22?,23-,24+,25?,26?/m0/s1. The molecule has 10 nitrogen and oxygen atoms in total. The van der Waals surface area contributed by atoms with E-state index in [1.807, 2.05) is 0 Å². The van der Waals surface area contributed by atoms with Crippen LogP contribution in [0.1, 0.15) is 59.3 Å². The summed E-state index contributed by atoms with van der Waals surface area (Å²) in [5.41, 5.74) is 0. The summed E-state index contributed by atoms with van der Waals surface area (Å²) in [7, 11) is -2.14. The zero-order valence-corrected chi connectivity index (χ0v) is 24.8. The SMILES string of the molecule is CC(C)(C)[Si](C)(C)OC1[C@H]2OC3OC([C@@H]2OCCOC2CCCCO2)[C@H](OCCOC2CCCCO2)[C@H]1O3. The van der Waals surface area contributed by atoms with Crippen molar-refractivity contribution in [2.75, 3.05) is 39.6 Å². The normalized spacial score (nSPS) is 39.6. The van der Waals surface area contributed by atoms with Crippen LogP contribution in [0.2, 0.25) is 18.1 Å². The summed E-state index contributed by atoms with van der Waals surface area (Å²) in [5.74, 6) is 0. The number of ether oxygens (including phenoxy) is 9. The highest BCUT2D eigenvalue weighted by Gasteiger charge is 2.64. The topological polar surface area (TPSA) is 92.3 Å². The fraction of sp³-hybridized carbons (Fsp3) is 1.00. The predicted octanol–water partition coefficient (Wildman–Crippen LogP) is 3.71. The van der Waals surface area contributed by atoms with E-state index in [-0.39, 0.29) is 54.2 Å². The van der Waals surface area contributed by atoms with Gasteiger partial charge in [-0.15, -0.1) is 0 Å². The van der Waals surface area contributed by atoms with Crippen molar-refractivity contribution in [3.8, 4) is 0 Å². The molecule has 0 N–H and O–H groups in total. The van der Waals surface area contributed by atoms with Gasteiger partial charge in [-0.1, -0.05) is 20.8 Å². The molecule has 0 aromatic carbocycles. The van der Waals surface area contributed by atoms with Gasteiger partial charge in [-0.05, 0) is 56.7 Å². The van der Waals surface area contributed by atoms with Crippen molar-refractivity contribution in [1.29, 1.82) is 0 Å². The van der Waals surface area contributed by atoms with Crippen LogP contribution < -0.4 is 0 Å². The molecule has 0 spiro atoms. The van der Waals surface area contributed by atoms with Crippen LogP contribution in [-0.2, 0) is 47.1 Å². The lowest BCUT2D eigenvalue weighted by atomic mass is 9.82. The van der Waals surface area contributed by atoms with Crippen LogP contribution >= 0.6 is 0 Å². The van der Waals surface area contributed by atoms with Crippen LogP contribution in [0, 0.1) is 0 Å². The molecule has 6 fully saturated rings. The average molecular weight is 561 g/mol. The van der Waals surface area contributed by atoms with Gasteiger partial charge in [0.1, 0.15) is 36.6 Å². The maximum atomic E-state index is 6.91. The molecule has 0 aromatic rings. The summed E-state index contributed by atoms with van der Waals surface area (Å²) in [6.45, 7) is 13.7. The molecule has 0 amide bonds. The lowest BCUT2D eigenvalue weighted by Crippen LogP contribution is -2.77. The highest BCUT2D eigenvalue weighted by molar-refractivity contribution is 6.74. The zero-order chi connectivity index (χ0) is 26.8. The Morgan fingerprint density at radius 1 is 0.632 bits per heavy atom. The lowest BCUT2D eigenvalue weighted by molar-refractivity contribution is -0.484. The molecule has 4 bridgehead atoms. The second-order valence-corrected chi connectivity index (χ2v) is 17.2. The fourth-order valence-corrected chi connectivity index (χ4v) is 6.81. The third-order valence-electron chi connectivity index (χ3n) is 8.66. The summed E-state index contributed by atoms with van der Waals surface area (Å²) in [6.07, 6.45) is 4.05. The quantitative estimate of drug-likeness (QED) is 0.260. The minimum Gasteiger partial charge on any atom is -0.408 e. The van der Waals surface area contributed by atoms with E-state index in [0.717, 1.165) is 51.7 Å². The van der Waals surface area contributed by atoms with Gasteiger partial charge in [0.2, 0.25) is 0 Å². The molecule has 1 saturated carbocycles. The molecule has 0 radical (unpaired) electrons. The van der Waals surface area contributed by atoms with E-state index >= 15 is 0 Å². The maximum absolute atomic E-state index is 6.91. The Labute approximate surface area is 228 Å². The van der Waals surface area contributed by atoms with E-state index in [2.05, 4.69) is 33.9 Å². The van der Waals surface area contributed by atoms with Crippen molar-refractivity contribution < 1.29 is 47.1 Å². The van der Waals surface area contributed by atoms with Crippen molar-refractivity contribution in [1.82, 2.24) is 0 Å². The van der Waals surface area contributed by atoms with Gasteiger partial charge in [0.25, 0.3) is 6.48 Å². The molecule has 38 heavy (non-hydrogen) atoms. The summed E-state index contributed by atoms with van der Waals surface area (Å²) in [5, 5.41) is 0.0343. The van der Waals surface area contributed by atoms with E-state index in [1.54, 1.807) is 0 Å². The average Bonchev–Trinajstić information content (AvgIpc) is 2.89. The summed E-state index contributed by atoms with van der Waals surface area (Å²) in [4.78, 5) is 0. The molecule has 5 unspecified atom stereocenters. The Kier molecular flexibility index (Phi) is 9.85. The first-order valence-corrected chi connectivity index (χ1v) is 17.5. The molecule has 1 aliphatic carbocycles. The maximum Gasteiger partial charge on any atom is 0.272 e. The van der Waals surface area contributed by atoms with Crippen molar-refractivity contribution in [3.63, 3.8) is 0 Å². The number of hydrogen-bond acceptors (Lipinski definition) is 10. The van der Waals surface area contributed by atoms with Crippen LogP contribution in [0.5, 0.6) is 0 Å². The van der Waals surface area contributed by atoms with Crippen LogP contribution in [0.4, 0.5) is 0 Å². The fourth-order valence-electron chi connectivity index (χ4n) is 5.51. The largest absolute Gasteiger partial charge is 0.408 e. The molecule has 5 saturated heterocycles. The molecule has 11 heteroatoms. The van der Waals surface area contributed by atoms with Gasteiger partial charge in [-0.2, -0.15) is 0 Å². The van der Waals surface area contributed by atoms with Crippen LogP contribution in [0.25, 0.3) is 0 Å². The molecule has 9 atom stereocenters. The first-order chi connectivity index (χ1) is 18.2. The lowest BCUT2D eigenvalue weighted by Gasteiger charge is -2.60. The van der Waals surface area contributed by atoms with Gasteiger partial charge in [-0.3, -0.25) is 0 Å². The van der Waals surface area contributed by atoms with E-state index in [0.29, 0.717) is 26.4 Å². The molecule has 0 aromatic heterocycles. The first kappa shape index (κ1) is 29.3. The Balaban J connectivity index is 1.22. The van der Waals surface area contributed by atoms with Gasteiger partial charge in [-0.25, -0.2) is 0 Å². The van der Waals surface area contributed by atoms with Gasteiger partial charge in [0.05, 0.1) is 26.4 Å². The van der Waals surface area contributed by atoms with Crippen molar-refractivity contribution in [3.05, 3.63) is 0 Å². The smallest absolute Gasteiger partial charge is 0.272 e. The second kappa shape index (κ2) is 12.8. The minimum absolute atomic E-state index is 0.0343. The Morgan fingerprint density at radius 2 is 1.08 bits per heavy atom. The summed E-state index contributed by atoms with van der Waals surface area (Å²) < 4.78 is 61.3. The summed E-state index contributed by atoms with van der Waals surface area (Å²) in [6, 6.07) is 0. The van der Waals surface area contributed by atoms with Crippen LogP contribution in [0.15, 0.2) is 0 Å². The van der Waals surface area contributed by atoms with Gasteiger partial charge >= 0.3 is 0 Å². The predicted molar refractivity (Wildman–Crippen MR) is 139 cm³/mol. The molecular weight excluding hydrogens is 512 g/mol. The Hall–Kier alpha value is -0.183. The van der Waals surface area contributed by atoms with Crippen molar-refractivity contribution in [2.24, 2.45) is 0 Å². The second-order valence-electron chi connectivity index (χ2n) is 12.4. The highest BCUT2D eigenvalue weighted by Crippen LogP contribution is 2.46. The summed E-state index contributed by atoms with van der Waals surface area (Å²) >= 11 is 0. The molecular formula is C27H48O10Si. The van der Waals surface area contributed by atoms with Crippen molar-refractivity contribution in [2.45, 2.75) is 133 Å². The van der Waals surface area contributed by atoms with E-state index in [4.69, 9.17) is 47.1 Å². The number of hydrogen-bond donors (Lipinski definition) is 0. The molecule has 6 rings (SSSR count). The molecule has 220 valence electrons. The van der Waals surface area contributed by atoms with E-state index in [9.17, 15) is 0 Å². The Morgan fingerprint density at radius 3 is 1.50 bits per heavy atom.